The van der Waals surface area contributed by atoms with E-state index in [0.29, 0.717) is 0 Å². The van der Waals surface area contributed by atoms with Crippen molar-refractivity contribution >= 4 is 23.6 Å². The summed E-state index contributed by atoms with van der Waals surface area (Å²) in [6.45, 7) is 2.19. The van der Waals surface area contributed by atoms with Gasteiger partial charge in [-0.05, 0) is 42.2 Å². The maximum Gasteiger partial charge on any atom is 0.337 e. The molecule has 0 fully saturated rings. The molecule has 4 heteroatoms. The monoisotopic (exact) mass is 337 g/mol. The summed E-state index contributed by atoms with van der Waals surface area (Å²) >= 11 is 0. The van der Waals surface area contributed by atoms with Crippen LogP contribution in [0.2, 0.25) is 0 Å². The minimum absolute atomic E-state index is 0.0701. The van der Waals surface area contributed by atoms with Gasteiger partial charge in [-0.15, -0.1) is 0 Å². The number of carboxylic acid groups (broad SMARTS) is 1. The van der Waals surface area contributed by atoms with E-state index in [1.54, 1.807) is 24.3 Å². The Morgan fingerprint density at radius 3 is 2.44 bits per heavy atom. The van der Waals surface area contributed by atoms with Crippen molar-refractivity contribution in [1.29, 1.82) is 0 Å². The van der Waals surface area contributed by atoms with E-state index in [1.165, 1.54) is 37.0 Å². The predicted molar refractivity (Wildman–Crippen MR) is 101 cm³/mol. The number of hydrogen-bond donors (Lipinski definition) is 2. The zero-order valence-electron chi connectivity index (χ0n) is 14.4. The molecule has 0 aliphatic heterocycles. The molecular weight excluding hydrogens is 314 g/mol. The normalized spacial score (nSPS) is 10.8. The van der Waals surface area contributed by atoms with E-state index in [0.717, 1.165) is 12.0 Å². The van der Waals surface area contributed by atoms with Crippen molar-refractivity contribution in [2.45, 2.75) is 32.6 Å². The Morgan fingerprint density at radius 2 is 1.76 bits per heavy atom. The van der Waals surface area contributed by atoms with E-state index in [4.69, 9.17) is 5.11 Å². The van der Waals surface area contributed by atoms with Gasteiger partial charge in [0.05, 0.1) is 11.3 Å². The molecule has 0 bridgehead atoms. The summed E-state index contributed by atoms with van der Waals surface area (Å²) in [5.41, 5.74) is 2.59. The highest BCUT2D eigenvalue weighted by atomic mass is 16.4. The summed E-state index contributed by atoms with van der Waals surface area (Å²) < 4.78 is 0. The van der Waals surface area contributed by atoms with E-state index in [1.807, 2.05) is 12.1 Å². The maximum absolute atomic E-state index is 12.0. The van der Waals surface area contributed by atoms with Crippen molar-refractivity contribution in [1.82, 2.24) is 0 Å². The van der Waals surface area contributed by atoms with Crippen LogP contribution in [0.4, 0.5) is 5.69 Å². The molecule has 0 aromatic heterocycles. The van der Waals surface area contributed by atoms with Crippen LogP contribution >= 0.6 is 0 Å². The van der Waals surface area contributed by atoms with Crippen molar-refractivity contribution in [2.24, 2.45) is 0 Å². The minimum Gasteiger partial charge on any atom is -0.478 e. The van der Waals surface area contributed by atoms with Gasteiger partial charge in [0.25, 0.3) is 0 Å². The molecule has 0 aliphatic carbocycles. The summed E-state index contributed by atoms with van der Waals surface area (Å²) in [6.07, 6.45) is 7.83. The van der Waals surface area contributed by atoms with Gasteiger partial charge < -0.3 is 10.4 Å². The third-order valence-electron chi connectivity index (χ3n) is 3.89. The van der Waals surface area contributed by atoms with Crippen LogP contribution in [0.15, 0.2) is 54.6 Å². The molecule has 0 saturated carbocycles. The van der Waals surface area contributed by atoms with E-state index < -0.39 is 5.97 Å². The van der Waals surface area contributed by atoms with Gasteiger partial charge >= 0.3 is 5.97 Å². The number of unbranched alkanes of at least 4 members (excludes halogenated alkanes) is 2. The van der Waals surface area contributed by atoms with Crippen LogP contribution in [-0.2, 0) is 11.2 Å². The summed E-state index contributed by atoms with van der Waals surface area (Å²) in [7, 11) is 0. The maximum atomic E-state index is 12.0. The van der Waals surface area contributed by atoms with Gasteiger partial charge in [-0.2, -0.15) is 0 Å². The fraction of sp³-hybridized carbons (Fsp3) is 0.238. The molecule has 0 heterocycles. The van der Waals surface area contributed by atoms with Crippen LogP contribution in [0.3, 0.4) is 0 Å². The van der Waals surface area contributed by atoms with Gasteiger partial charge in [-0.1, -0.05) is 56.2 Å². The first kappa shape index (κ1) is 18.5. The zero-order valence-corrected chi connectivity index (χ0v) is 14.4. The number of para-hydroxylation sites is 1. The highest BCUT2D eigenvalue weighted by molar-refractivity contribution is 6.06. The van der Waals surface area contributed by atoms with E-state index >= 15 is 0 Å². The molecule has 130 valence electrons. The van der Waals surface area contributed by atoms with Gasteiger partial charge in [-0.3, -0.25) is 4.79 Å². The topological polar surface area (TPSA) is 66.4 Å². The van der Waals surface area contributed by atoms with Crippen LogP contribution in [0.25, 0.3) is 6.08 Å². The molecule has 0 radical (unpaired) electrons. The number of rotatable bonds is 8. The molecular formula is C21H23NO3. The number of hydrogen-bond acceptors (Lipinski definition) is 2. The van der Waals surface area contributed by atoms with Crippen LogP contribution in [0, 0.1) is 0 Å². The molecule has 2 rings (SSSR count). The first-order chi connectivity index (χ1) is 12.1. The number of aryl methyl sites for hydroxylation is 1. The summed E-state index contributed by atoms with van der Waals surface area (Å²) in [5, 5.41) is 11.7. The highest BCUT2D eigenvalue weighted by Gasteiger charge is 2.10. The fourth-order valence-corrected chi connectivity index (χ4v) is 2.50. The standard InChI is InChI=1S/C21H23NO3/c1-2-3-4-7-16-10-12-17(13-11-16)14-15-20(23)22-19-9-6-5-8-18(19)21(24)25/h5-6,8-15H,2-4,7H2,1H3,(H,22,23)(H,24,25)/b15-14-. The van der Waals surface area contributed by atoms with Gasteiger partial charge in [0.1, 0.15) is 0 Å². The fourth-order valence-electron chi connectivity index (χ4n) is 2.50. The van der Waals surface area contributed by atoms with Crippen molar-refractivity contribution in [3.8, 4) is 0 Å². The van der Waals surface area contributed by atoms with Gasteiger partial charge in [0.2, 0.25) is 5.91 Å². The Kier molecular flexibility index (Phi) is 6.96. The quantitative estimate of drug-likeness (QED) is 0.538. The summed E-state index contributed by atoms with van der Waals surface area (Å²) in [6, 6.07) is 14.5. The molecule has 0 aliphatic rings. The molecule has 0 unspecified atom stereocenters. The molecule has 0 atom stereocenters. The molecule has 25 heavy (non-hydrogen) atoms. The third-order valence-corrected chi connectivity index (χ3v) is 3.89. The number of anilines is 1. The number of benzene rings is 2. The molecule has 2 aromatic rings. The third kappa shape index (κ3) is 5.92. The molecule has 0 spiro atoms. The molecule has 4 nitrogen and oxygen atoms in total. The first-order valence-corrected chi connectivity index (χ1v) is 8.50. The van der Waals surface area contributed by atoms with Crippen molar-refractivity contribution in [2.75, 3.05) is 5.32 Å². The van der Waals surface area contributed by atoms with Crippen LogP contribution < -0.4 is 5.32 Å². The minimum atomic E-state index is -1.07. The number of carbonyl (C=O) groups excluding carboxylic acids is 1. The van der Waals surface area contributed by atoms with Crippen molar-refractivity contribution in [3.63, 3.8) is 0 Å². The molecule has 1 amide bonds. The van der Waals surface area contributed by atoms with Gasteiger partial charge in [0.15, 0.2) is 0 Å². The second-order valence-electron chi connectivity index (χ2n) is 5.87. The lowest BCUT2D eigenvalue weighted by Crippen LogP contribution is -2.11. The lowest BCUT2D eigenvalue weighted by molar-refractivity contribution is -0.111. The number of carboxylic acids is 1. The molecule has 2 N–H and O–H groups in total. The van der Waals surface area contributed by atoms with E-state index in [9.17, 15) is 9.59 Å². The number of carbonyl (C=O) groups is 2. The second kappa shape index (κ2) is 9.42. The lowest BCUT2D eigenvalue weighted by Gasteiger charge is -2.06. The first-order valence-electron chi connectivity index (χ1n) is 8.50. The van der Waals surface area contributed by atoms with Crippen LogP contribution in [0.5, 0.6) is 0 Å². The molecule has 0 saturated heterocycles. The SMILES string of the molecule is CCCCCc1ccc(/C=C\C(=O)Nc2ccccc2C(=O)O)cc1. The predicted octanol–water partition coefficient (Wildman–Crippen LogP) is 4.77. The Labute approximate surface area is 148 Å². The average molecular weight is 337 g/mol. The smallest absolute Gasteiger partial charge is 0.337 e. The Morgan fingerprint density at radius 1 is 1.04 bits per heavy atom. The van der Waals surface area contributed by atoms with Crippen molar-refractivity contribution in [3.05, 3.63) is 71.3 Å². The largest absolute Gasteiger partial charge is 0.478 e. The second-order valence-corrected chi connectivity index (χ2v) is 5.87. The van der Waals surface area contributed by atoms with E-state index in [-0.39, 0.29) is 17.2 Å². The van der Waals surface area contributed by atoms with Crippen molar-refractivity contribution < 1.29 is 14.7 Å². The number of aromatic carboxylic acids is 1. The van der Waals surface area contributed by atoms with Gasteiger partial charge in [0, 0.05) is 6.08 Å². The Balaban J connectivity index is 1.95. The molecule has 2 aromatic carbocycles. The zero-order chi connectivity index (χ0) is 18.1. The lowest BCUT2D eigenvalue weighted by atomic mass is 10.1. The Hall–Kier alpha value is -2.88. The number of nitrogens with one attached hydrogen (secondary N) is 1. The highest BCUT2D eigenvalue weighted by Crippen LogP contribution is 2.15. The van der Waals surface area contributed by atoms with Crippen LogP contribution in [0.1, 0.15) is 47.7 Å². The summed E-state index contributed by atoms with van der Waals surface area (Å²) in [5.74, 6) is -1.43. The van der Waals surface area contributed by atoms with E-state index in [2.05, 4.69) is 24.4 Å². The van der Waals surface area contributed by atoms with Crippen LogP contribution in [-0.4, -0.2) is 17.0 Å². The number of amides is 1. The Bertz CT molecular complexity index is 748. The summed E-state index contributed by atoms with van der Waals surface area (Å²) in [4.78, 5) is 23.2. The average Bonchev–Trinajstić information content (AvgIpc) is 2.61. The van der Waals surface area contributed by atoms with Gasteiger partial charge in [-0.25, -0.2) is 4.79 Å².